The molecule has 1 atom stereocenters. The SMILES string of the molecule is Brc1ccc2c(c1)C1(C3=CCCc4c3n(c3ccccc43)-c3ccccc31)c1ccccc1-2. The van der Waals surface area contributed by atoms with Crippen molar-refractivity contribution in [1.82, 2.24) is 4.57 Å². The quantitative estimate of drug-likeness (QED) is 0.209. The molecule has 33 heavy (non-hydrogen) atoms. The lowest BCUT2D eigenvalue weighted by atomic mass is 9.63. The van der Waals surface area contributed by atoms with Crippen LogP contribution in [0.1, 0.15) is 34.4 Å². The molecule has 2 aliphatic carbocycles. The van der Waals surface area contributed by atoms with E-state index in [1.54, 1.807) is 0 Å². The second kappa shape index (κ2) is 6.15. The first-order chi connectivity index (χ1) is 16.3. The van der Waals surface area contributed by atoms with Crippen molar-refractivity contribution in [2.24, 2.45) is 0 Å². The van der Waals surface area contributed by atoms with Crippen molar-refractivity contribution in [2.45, 2.75) is 18.3 Å². The number of para-hydroxylation sites is 2. The van der Waals surface area contributed by atoms with Crippen molar-refractivity contribution < 1.29 is 0 Å². The zero-order valence-corrected chi connectivity index (χ0v) is 19.6. The molecule has 1 nitrogen and oxygen atoms in total. The number of hydrogen-bond acceptors (Lipinski definition) is 0. The highest BCUT2D eigenvalue weighted by molar-refractivity contribution is 9.10. The maximum absolute atomic E-state index is 3.81. The third-order valence-corrected chi connectivity index (χ3v) is 8.43. The lowest BCUT2D eigenvalue weighted by molar-refractivity contribution is 0.757. The van der Waals surface area contributed by atoms with Crippen LogP contribution in [0, 0.1) is 0 Å². The number of aromatic nitrogens is 1. The molecule has 5 aromatic rings. The highest BCUT2D eigenvalue weighted by Gasteiger charge is 2.53. The van der Waals surface area contributed by atoms with Gasteiger partial charge in [-0.2, -0.15) is 0 Å². The smallest absolute Gasteiger partial charge is 0.0751 e. The highest BCUT2D eigenvalue weighted by Crippen LogP contribution is 2.63. The average molecular weight is 486 g/mol. The minimum atomic E-state index is -0.300. The Balaban J connectivity index is 1.64. The van der Waals surface area contributed by atoms with E-state index in [1.165, 1.54) is 61.2 Å². The van der Waals surface area contributed by atoms with E-state index in [0.29, 0.717) is 0 Å². The van der Waals surface area contributed by atoms with Gasteiger partial charge in [0.1, 0.15) is 0 Å². The van der Waals surface area contributed by atoms with Crippen molar-refractivity contribution in [1.29, 1.82) is 0 Å². The summed E-state index contributed by atoms with van der Waals surface area (Å²) in [7, 11) is 0. The van der Waals surface area contributed by atoms with Crippen LogP contribution in [0.4, 0.5) is 0 Å². The van der Waals surface area contributed by atoms with Crippen LogP contribution in [0.15, 0.2) is 102 Å². The van der Waals surface area contributed by atoms with E-state index in [-0.39, 0.29) is 5.41 Å². The monoisotopic (exact) mass is 485 g/mol. The second-order valence-electron chi connectivity index (χ2n) is 9.34. The minimum Gasteiger partial charge on any atom is -0.309 e. The van der Waals surface area contributed by atoms with Crippen LogP contribution in [0.3, 0.4) is 0 Å². The van der Waals surface area contributed by atoms with E-state index >= 15 is 0 Å². The van der Waals surface area contributed by atoms with Gasteiger partial charge in [0.2, 0.25) is 0 Å². The third kappa shape index (κ3) is 2.01. The first-order valence-corrected chi connectivity index (χ1v) is 12.4. The van der Waals surface area contributed by atoms with Crippen LogP contribution in [-0.4, -0.2) is 4.57 Å². The lowest BCUT2D eigenvalue weighted by Crippen LogP contribution is -2.35. The Kier molecular flexibility index (Phi) is 3.38. The highest BCUT2D eigenvalue weighted by atomic mass is 79.9. The largest absolute Gasteiger partial charge is 0.309 e. The van der Waals surface area contributed by atoms with Gasteiger partial charge in [0.15, 0.2) is 0 Å². The standard InChI is InChI=1S/C31H20BrN/c32-19-16-17-21-20-8-1-3-11-24(20)31(27(21)18-19)25-12-4-6-15-29(25)33-28-14-5-2-9-22(28)23-10-7-13-26(31)30(23)33/h1-6,8-9,11-18H,7,10H2. The number of halogens is 1. The van der Waals surface area contributed by atoms with E-state index in [4.69, 9.17) is 0 Å². The molecule has 2 heteroatoms. The predicted molar refractivity (Wildman–Crippen MR) is 139 cm³/mol. The molecule has 0 amide bonds. The Morgan fingerprint density at radius 1 is 0.727 bits per heavy atom. The van der Waals surface area contributed by atoms with Crippen LogP contribution in [0.5, 0.6) is 0 Å². The van der Waals surface area contributed by atoms with Crippen LogP contribution in [-0.2, 0) is 11.8 Å². The molecule has 0 radical (unpaired) electrons. The normalized spacial score (nSPS) is 19.1. The summed E-state index contributed by atoms with van der Waals surface area (Å²) in [4.78, 5) is 0. The van der Waals surface area contributed by atoms with Gasteiger partial charge in [-0.1, -0.05) is 88.7 Å². The summed E-state index contributed by atoms with van der Waals surface area (Å²) in [6.45, 7) is 0. The summed E-state index contributed by atoms with van der Waals surface area (Å²) in [5.74, 6) is 0. The number of fused-ring (bicyclic) bond motifs is 12. The summed E-state index contributed by atoms with van der Waals surface area (Å²) in [6, 6.07) is 33.9. The van der Waals surface area contributed by atoms with E-state index < -0.39 is 0 Å². The van der Waals surface area contributed by atoms with E-state index in [1.807, 2.05) is 0 Å². The first-order valence-electron chi connectivity index (χ1n) is 11.6. The van der Waals surface area contributed by atoms with Crippen LogP contribution >= 0.6 is 15.9 Å². The maximum Gasteiger partial charge on any atom is 0.0751 e. The number of aryl methyl sites for hydroxylation is 1. The van der Waals surface area contributed by atoms with Gasteiger partial charge >= 0.3 is 0 Å². The molecule has 0 fully saturated rings. The Bertz CT molecular complexity index is 1690. The van der Waals surface area contributed by atoms with Gasteiger partial charge < -0.3 is 4.57 Å². The van der Waals surface area contributed by atoms with Crippen molar-refractivity contribution in [2.75, 3.05) is 0 Å². The summed E-state index contributed by atoms with van der Waals surface area (Å²) in [6.07, 6.45) is 4.70. The van der Waals surface area contributed by atoms with Gasteiger partial charge in [0.05, 0.1) is 22.3 Å². The molecule has 0 saturated carbocycles. The molecule has 2 heterocycles. The molecular formula is C31H20BrN. The Labute approximate surface area is 201 Å². The average Bonchev–Trinajstić information content (AvgIpc) is 3.35. The second-order valence-corrected chi connectivity index (χ2v) is 10.3. The first kappa shape index (κ1) is 18.1. The number of allylic oxidation sites excluding steroid dienone is 2. The van der Waals surface area contributed by atoms with E-state index in [2.05, 4.69) is 118 Å². The Morgan fingerprint density at radius 3 is 2.42 bits per heavy atom. The molecule has 1 unspecified atom stereocenters. The molecule has 1 spiro atoms. The van der Waals surface area contributed by atoms with Gasteiger partial charge in [-0.15, -0.1) is 0 Å². The minimum absolute atomic E-state index is 0.300. The number of benzene rings is 4. The topological polar surface area (TPSA) is 4.93 Å². The zero-order valence-electron chi connectivity index (χ0n) is 18.0. The fraction of sp³-hybridized carbons (Fsp3) is 0.0968. The van der Waals surface area contributed by atoms with Crippen molar-refractivity contribution in [3.05, 3.63) is 129 Å². The van der Waals surface area contributed by atoms with E-state index in [0.717, 1.165) is 17.3 Å². The number of rotatable bonds is 0. The molecule has 4 aromatic carbocycles. The predicted octanol–water partition coefficient (Wildman–Crippen LogP) is 8.05. The zero-order chi connectivity index (χ0) is 21.7. The van der Waals surface area contributed by atoms with Crippen LogP contribution in [0.25, 0.3) is 33.3 Å². The fourth-order valence-electron chi connectivity index (χ4n) is 6.84. The van der Waals surface area contributed by atoms with Gasteiger partial charge in [0.25, 0.3) is 0 Å². The molecule has 0 saturated heterocycles. The van der Waals surface area contributed by atoms with Crippen LogP contribution < -0.4 is 0 Å². The van der Waals surface area contributed by atoms with Crippen molar-refractivity contribution in [3.8, 4) is 16.8 Å². The number of hydrogen-bond donors (Lipinski definition) is 0. The third-order valence-electron chi connectivity index (χ3n) is 7.94. The van der Waals surface area contributed by atoms with Crippen LogP contribution in [0.2, 0.25) is 0 Å². The van der Waals surface area contributed by atoms with Gasteiger partial charge in [-0.25, -0.2) is 0 Å². The number of nitrogens with zero attached hydrogens (tertiary/aromatic N) is 1. The molecule has 1 aliphatic heterocycles. The molecule has 8 rings (SSSR count). The molecule has 156 valence electrons. The summed E-state index contributed by atoms with van der Waals surface area (Å²) in [5, 5.41) is 1.39. The van der Waals surface area contributed by atoms with Gasteiger partial charge in [-0.05, 0) is 76.1 Å². The Morgan fingerprint density at radius 2 is 1.48 bits per heavy atom. The van der Waals surface area contributed by atoms with Gasteiger partial charge in [0, 0.05) is 9.86 Å². The van der Waals surface area contributed by atoms with E-state index in [9.17, 15) is 0 Å². The molecule has 1 aromatic heterocycles. The lowest BCUT2D eigenvalue weighted by Gasteiger charge is -2.43. The summed E-state index contributed by atoms with van der Waals surface area (Å²) >= 11 is 3.81. The summed E-state index contributed by atoms with van der Waals surface area (Å²) < 4.78 is 3.67. The summed E-state index contributed by atoms with van der Waals surface area (Å²) in [5.41, 5.74) is 13.5. The van der Waals surface area contributed by atoms with Crippen molar-refractivity contribution in [3.63, 3.8) is 0 Å². The molecule has 0 N–H and O–H groups in total. The Hall–Kier alpha value is -3.36. The molecular weight excluding hydrogens is 466 g/mol. The molecule has 0 bridgehead atoms. The van der Waals surface area contributed by atoms with Crippen molar-refractivity contribution >= 4 is 32.4 Å². The van der Waals surface area contributed by atoms with Gasteiger partial charge in [-0.3, -0.25) is 0 Å². The fourth-order valence-corrected chi connectivity index (χ4v) is 7.21. The maximum atomic E-state index is 3.81. The molecule has 3 aliphatic rings.